The van der Waals surface area contributed by atoms with Gasteiger partial charge in [0.1, 0.15) is 11.6 Å². The quantitative estimate of drug-likeness (QED) is 0.896. The highest BCUT2D eigenvalue weighted by atomic mass is 19.1. The highest BCUT2D eigenvalue weighted by Crippen LogP contribution is 2.47. The molecular formula is C17H19FN2O2. The van der Waals surface area contributed by atoms with E-state index in [0.717, 1.165) is 11.3 Å². The second-order valence-electron chi connectivity index (χ2n) is 6.33. The van der Waals surface area contributed by atoms with Gasteiger partial charge in [0, 0.05) is 23.6 Å². The molecule has 1 heterocycles. The molecule has 22 heavy (non-hydrogen) atoms. The summed E-state index contributed by atoms with van der Waals surface area (Å²) in [5, 5.41) is 17.9. The van der Waals surface area contributed by atoms with Crippen LogP contribution in [0.4, 0.5) is 4.39 Å². The number of ketones is 1. The Kier molecular flexibility index (Phi) is 3.40. The number of carbonyl (C=O) groups excluding carboxylic acids is 1. The summed E-state index contributed by atoms with van der Waals surface area (Å²) in [4.78, 5) is 12.2. The van der Waals surface area contributed by atoms with Crippen molar-refractivity contribution in [1.82, 2.24) is 10.2 Å². The van der Waals surface area contributed by atoms with E-state index in [1.807, 2.05) is 6.92 Å². The van der Waals surface area contributed by atoms with E-state index < -0.39 is 17.4 Å². The van der Waals surface area contributed by atoms with Crippen molar-refractivity contribution in [2.75, 3.05) is 0 Å². The van der Waals surface area contributed by atoms with Gasteiger partial charge in [-0.15, -0.1) is 0 Å². The Morgan fingerprint density at radius 1 is 1.45 bits per heavy atom. The van der Waals surface area contributed by atoms with Gasteiger partial charge in [0.25, 0.3) is 0 Å². The van der Waals surface area contributed by atoms with Gasteiger partial charge in [-0.25, -0.2) is 4.39 Å². The predicted molar refractivity (Wildman–Crippen MR) is 80.1 cm³/mol. The molecule has 0 aliphatic heterocycles. The molecule has 2 N–H and O–H groups in total. The molecule has 1 aliphatic rings. The van der Waals surface area contributed by atoms with E-state index in [1.54, 1.807) is 25.1 Å². The number of hydrogen-bond acceptors (Lipinski definition) is 3. The van der Waals surface area contributed by atoms with Crippen LogP contribution in [0.2, 0.25) is 0 Å². The Hall–Kier alpha value is -2.01. The lowest BCUT2D eigenvalue weighted by atomic mass is 9.64. The Morgan fingerprint density at radius 2 is 2.14 bits per heavy atom. The molecule has 0 amide bonds. The minimum absolute atomic E-state index is 0.149. The number of benzene rings is 1. The zero-order chi connectivity index (χ0) is 16.1. The summed E-state index contributed by atoms with van der Waals surface area (Å²) in [5.74, 6) is -1.75. The van der Waals surface area contributed by atoms with Crippen LogP contribution in [0.3, 0.4) is 0 Å². The number of rotatable bonds is 2. The van der Waals surface area contributed by atoms with Crippen molar-refractivity contribution in [2.45, 2.75) is 38.7 Å². The van der Waals surface area contributed by atoms with Gasteiger partial charge >= 0.3 is 0 Å². The third kappa shape index (κ3) is 2.16. The number of aromatic nitrogens is 2. The number of aliphatic hydroxyl groups is 1. The van der Waals surface area contributed by atoms with Crippen molar-refractivity contribution in [2.24, 2.45) is 5.92 Å². The third-order valence-electron chi connectivity index (χ3n) is 4.59. The van der Waals surface area contributed by atoms with E-state index in [1.165, 1.54) is 13.0 Å². The molecule has 0 radical (unpaired) electrons. The van der Waals surface area contributed by atoms with Crippen LogP contribution >= 0.6 is 0 Å². The van der Waals surface area contributed by atoms with E-state index in [9.17, 15) is 14.3 Å². The second-order valence-corrected chi connectivity index (χ2v) is 6.33. The summed E-state index contributed by atoms with van der Waals surface area (Å²) in [6.45, 7) is 4.93. The minimum atomic E-state index is -1.26. The third-order valence-corrected chi connectivity index (χ3v) is 4.59. The molecule has 0 fully saturated rings. The fraction of sp³-hybridized carbons (Fsp3) is 0.412. The van der Waals surface area contributed by atoms with Gasteiger partial charge in [0.05, 0.1) is 17.2 Å². The number of fused-ring (bicyclic) bond motifs is 1. The maximum absolute atomic E-state index is 14.4. The molecule has 0 bridgehead atoms. The SMILES string of the molecule is CC(=O)[C@H]1[C@H](c2ccccc2F)c2c(n[nH]c2C)C[C@]1(C)O. The first kappa shape index (κ1) is 14.9. The van der Waals surface area contributed by atoms with E-state index in [-0.39, 0.29) is 18.0 Å². The van der Waals surface area contributed by atoms with Crippen LogP contribution in [0.5, 0.6) is 0 Å². The van der Waals surface area contributed by atoms with Crippen molar-refractivity contribution < 1.29 is 14.3 Å². The minimum Gasteiger partial charge on any atom is -0.389 e. The van der Waals surface area contributed by atoms with Crippen molar-refractivity contribution in [3.63, 3.8) is 0 Å². The lowest BCUT2D eigenvalue weighted by molar-refractivity contribution is -0.130. The topological polar surface area (TPSA) is 66.0 Å². The van der Waals surface area contributed by atoms with Gasteiger partial charge < -0.3 is 5.11 Å². The van der Waals surface area contributed by atoms with Gasteiger partial charge in [-0.2, -0.15) is 5.10 Å². The van der Waals surface area contributed by atoms with Crippen molar-refractivity contribution in [3.05, 3.63) is 52.6 Å². The van der Waals surface area contributed by atoms with E-state index >= 15 is 0 Å². The molecule has 0 spiro atoms. The second kappa shape index (κ2) is 5.02. The Labute approximate surface area is 128 Å². The molecule has 1 aromatic carbocycles. The number of hydrogen-bond donors (Lipinski definition) is 2. The summed E-state index contributed by atoms with van der Waals surface area (Å²) < 4.78 is 14.4. The molecule has 0 unspecified atom stereocenters. The zero-order valence-electron chi connectivity index (χ0n) is 12.9. The summed E-state index contributed by atoms with van der Waals surface area (Å²) in [6, 6.07) is 6.41. The van der Waals surface area contributed by atoms with Gasteiger partial charge in [0.2, 0.25) is 0 Å². The lowest BCUT2D eigenvalue weighted by Gasteiger charge is -2.41. The Bertz CT molecular complexity index is 736. The summed E-state index contributed by atoms with van der Waals surface area (Å²) >= 11 is 0. The Morgan fingerprint density at radius 3 is 2.77 bits per heavy atom. The zero-order valence-corrected chi connectivity index (χ0v) is 12.9. The van der Waals surface area contributed by atoms with Crippen LogP contribution in [0.15, 0.2) is 24.3 Å². The number of nitrogens with zero attached hydrogens (tertiary/aromatic N) is 1. The van der Waals surface area contributed by atoms with Crippen LogP contribution in [-0.4, -0.2) is 26.7 Å². The molecule has 4 nitrogen and oxygen atoms in total. The number of halogens is 1. The summed E-state index contributed by atoms with van der Waals surface area (Å²) in [5.41, 5.74) is 1.51. The number of H-pyrrole nitrogens is 1. The number of nitrogens with one attached hydrogen (secondary N) is 1. The molecule has 3 atom stereocenters. The van der Waals surface area contributed by atoms with Crippen LogP contribution in [0.1, 0.15) is 42.3 Å². The number of aromatic amines is 1. The standard InChI is InChI=1S/C17H19FN2O2/c1-9-14-13(20-19-9)8-17(3,22)16(10(2)21)15(14)11-6-4-5-7-12(11)18/h4-7,15-16,22H,8H2,1-3H3,(H,19,20)/t15-,16+,17+/m1/s1. The molecule has 3 rings (SSSR count). The molecule has 1 aliphatic carbocycles. The molecule has 1 aromatic heterocycles. The highest BCUT2D eigenvalue weighted by molar-refractivity contribution is 5.82. The van der Waals surface area contributed by atoms with E-state index in [4.69, 9.17) is 0 Å². The van der Waals surface area contributed by atoms with Crippen LogP contribution in [0, 0.1) is 18.7 Å². The average molecular weight is 302 g/mol. The number of Topliss-reactive ketones (excluding diaryl/α,β-unsaturated/α-hetero) is 1. The molecule has 0 saturated heterocycles. The van der Waals surface area contributed by atoms with E-state index in [2.05, 4.69) is 10.2 Å². The molecule has 2 aromatic rings. The maximum atomic E-state index is 14.4. The van der Waals surface area contributed by atoms with Gasteiger partial charge in [-0.05, 0) is 32.4 Å². The first-order chi connectivity index (χ1) is 10.3. The van der Waals surface area contributed by atoms with Crippen molar-refractivity contribution in [3.8, 4) is 0 Å². The maximum Gasteiger partial charge on any atom is 0.136 e. The fourth-order valence-electron chi connectivity index (χ4n) is 3.75. The van der Waals surface area contributed by atoms with Crippen molar-refractivity contribution >= 4 is 5.78 Å². The largest absolute Gasteiger partial charge is 0.389 e. The van der Waals surface area contributed by atoms with Gasteiger partial charge in [-0.1, -0.05) is 18.2 Å². The first-order valence-corrected chi connectivity index (χ1v) is 7.34. The van der Waals surface area contributed by atoms with Gasteiger partial charge in [0.15, 0.2) is 0 Å². The smallest absolute Gasteiger partial charge is 0.136 e. The lowest BCUT2D eigenvalue weighted by Crippen LogP contribution is -2.48. The normalized spacial score (nSPS) is 27.5. The monoisotopic (exact) mass is 302 g/mol. The van der Waals surface area contributed by atoms with Gasteiger partial charge in [-0.3, -0.25) is 9.89 Å². The van der Waals surface area contributed by atoms with Crippen LogP contribution < -0.4 is 0 Å². The van der Waals surface area contributed by atoms with Crippen molar-refractivity contribution in [1.29, 1.82) is 0 Å². The highest BCUT2D eigenvalue weighted by Gasteiger charge is 2.49. The summed E-state index contributed by atoms with van der Waals surface area (Å²) in [7, 11) is 0. The van der Waals surface area contributed by atoms with E-state index in [0.29, 0.717) is 11.3 Å². The molecule has 0 saturated carbocycles. The Balaban J connectivity index is 2.28. The summed E-state index contributed by atoms with van der Waals surface area (Å²) in [6.07, 6.45) is 0.280. The molecular weight excluding hydrogens is 283 g/mol. The molecule has 116 valence electrons. The predicted octanol–water partition coefficient (Wildman–Crippen LogP) is 2.50. The van der Waals surface area contributed by atoms with Crippen LogP contribution in [-0.2, 0) is 11.2 Å². The number of carbonyl (C=O) groups is 1. The average Bonchev–Trinajstić information content (AvgIpc) is 2.77. The molecule has 5 heteroatoms. The first-order valence-electron chi connectivity index (χ1n) is 7.34. The number of aryl methyl sites for hydroxylation is 1. The van der Waals surface area contributed by atoms with Crippen LogP contribution in [0.25, 0.3) is 0 Å². The fourth-order valence-corrected chi connectivity index (χ4v) is 3.75.